The molecule has 6 heteroatoms. The number of benzene rings is 3. The minimum absolute atomic E-state index is 0.420. The standard InChI is InChI=1S/C23H18Cl2N2O2/c1-14-4-3-5-15(2)21(14)28-13-16-6-8-17(9-7-16)23-26-22(27-29-23)19-11-10-18(24)12-20(19)25/h3-12H,13H2,1-2H3. The molecule has 1 heterocycles. The number of rotatable bonds is 5. The van der Waals surface area contributed by atoms with Crippen LogP contribution in [0.2, 0.25) is 10.0 Å². The third-order valence-corrected chi connectivity index (χ3v) is 5.14. The van der Waals surface area contributed by atoms with Gasteiger partial charge in [-0.15, -0.1) is 0 Å². The lowest BCUT2D eigenvalue weighted by Crippen LogP contribution is -1.98. The highest BCUT2D eigenvalue weighted by Gasteiger charge is 2.14. The van der Waals surface area contributed by atoms with E-state index < -0.39 is 0 Å². The van der Waals surface area contributed by atoms with Crippen LogP contribution in [-0.4, -0.2) is 10.1 Å². The molecular formula is C23H18Cl2N2O2. The minimum Gasteiger partial charge on any atom is -0.488 e. The first-order valence-corrected chi connectivity index (χ1v) is 9.84. The van der Waals surface area contributed by atoms with Gasteiger partial charge in [-0.25, -0.2) is 0 Å². The van der Waals surface area contributed by atoms with Gasteiger partial charge in [-0.3, -0.25) is 0 Å². The molecule has 0 spiro atoms. The molecule has 0 aliphatic rings. The van der Waals surface area contributed by atoms with Crippen LogP contribution in [0.3, 0.4) is 0 Å². The van der Waals surface area contributed by atoms with Crippen molar-refractivity contribution < 1.29 is 9.26 Å². The fourth-order valence-electron chi connectivity index (χ4n) is 3.05. The molecule has 0 saturated carbocycles. The Morgan fingerprint density at radius 2 is 1.66 bits per heavy atom. The molecule has 1 aromatic heterocycles. The van der Waals surface area contributed by atoms with Crippen LogP contribution >= 0.6 is 23.2 Å². The summed E-state index contributed by atoms with van der Waals surface area (Å²) in [7, 11) is 0. The van der Waals surface area contributed by atoms with Crippen molar-refractivity contribution in [3.63, 3.8) is 0 Å². The molecule has 0 saturated heterocycles. The Balaban J connectivity index is 1.49. The van der Waals surface area contributed by atoms with Crippen LogP contribution in [0.15, 0.2) is 65.2 Å². The number of nitrogens with zero attached hydrogens (tertiary/aromatic N) is 2. The highest BCUT2D eigenvalue weighted by atomic mass is 35.5. The van der Waals surface area contributed by atoms with Crippen LogP contribution in [0.5, 0.6) is 5.75 Å². The van der Waals surface area contributed by atoms with Crippen molar-refractivity contribution in [2.75, 3.05) is 0 Å². The number of hydrogen-bond donors (Lipinski definition) is 0. The smallest absolute Gasteiger partial charge is 0.258 e. The van der Waals surface area contributed by atoms with Crippen molar-refractivity contribution in [3.8, 4) is 28.6 Å². The Kier molecular flexibility index (Phi) is 5.56. The molecule has 0 bridgehead atoms. The molecule has 4 rings (SSSR count). The zero-order chi connectivity index (χ0) is 20.4. The quantitative estimate of drug-likeness (QED) is 0.349. The Bertz CT molecular complexity index is 1130. The van der Waals surface area contributed by atoms with Gasteiger partial charge in [-0.1, -0.05) is 58.7 Å². The summed E-state index contributed by atoms with van der Waals surface area (Å²) in [6.07, 6.45) is 0. The molecule has 29 heavy (non-hydrogen) atoms. The average Bonchev–Trinajstić information content (AvgIpc) is 3.18. The molecular weight excluding hydrogens is 407 g/mol. The maximum Gasteiger partial charge on any atom is 0.258 e. The third kappa shape index (κ3) is 4.29. The lowest BCUT2D eigenvalue weighted by molar-refractivity contribution is 0.302. The van der Waals surface area contributed by atoms with E-state index in [-0.39, 0.29) is 0 Å². The van der Waals surface area contributed by atoms with Gasteiger partial charge in [0, 0.05) is 16.1 Å². The molecule has 3 aromatic carbocycles. The second-order valence-electron chi connectivity index (χ2n) is 6.75. The molecule has 0 amide bonds. The van der Waals surface area contributed by atoms with E-state index in [0.717, 1.165) is 28.0 Å². The SMILES string of the molecule is Cc1cccc(C)c1OCc1ccc(-c2nc(-c3ccc(Cl)cc3Cl)no2)cc1. The number of aromatic nitrogens is 2. The van der Waals surface area contributed by atoms with E-state index >= 15 is 0 Å². The van der Waals surface area contributed by atoms with Crippen molar-refractivity contribution in [2.45, 2.75) is 20.5 Å². The first kappa shape index (κ1) is 19.5. The van der Waals surface area contributed by atoms with Gasteiger partial charge in [0.2, 0.25) is 5.82 Å². The fourth-order valence-corrected chi connectivity index (χ4v) is 3.54. The maximum atomic E-state index is 6.23. The van der Waals surface area contributed by atoms with E-state index in [0.29, 0.717) is 33.9 Å². The highest BCUT2D eigenvalue weighted by molar-refractivity contribution is 6.36. The van der Waals surface area contributed by atoms with Crippen molar-refractivity contribution in [2.24, 2.45) is 0 Å². The zero-order valence-electron chi connectivity index (χ0n) is 15.9. The summed E-state index contributed by atoms with van der Waals surface area (Å²) in [6, 6.07) is 19.1. The van der Waals surface area contributed by atoms with Crippen molar-refractivity contribution in [1.82, 2.24) is 10.1 Å². The molecule has 0 atom stereocenters. The van der Waals surface area contributed by atoms with Crippen LogP contribution in [0.25, 0.3) is 22.8 Å². The second-order valence-corrected chi connectivity index (χ2v) is 7.60. The lowest BCUT2D eigenvalue weighted by Gasteiger charge is -2.12. The van der Waals surface area contributed by atoms with Gasteiger partial charge < -0.3 is 9.26 Å². The number of para-hydroxylation sites is 1. The number of aryl methyl sites for hydroxylation is 2. The van der Waals surface area contributed by atoms with E-state index in [9.17, 15) is 0 Å². The normalized spacial score (nSPS) is 10.9. The first-order chi connectivity index (χ1) is 14.0. The van der Waals surface area contributed by atoms with E-state index in [1.54, 1.807) is 18.2 Å². The van der Waals surface area contributed by atoms with Gasteiger partial charge in [-0.2, -0.15) is 4.98 Å². The Labute approximate surface area is 179 Å². The largest absolute Gasteiger partial charge is 0.488 e. The van der Waals surface area contributed by atoms with Crippen LogP contribution in [-0.2, 0) is 6.61 Å². The Morgan fingerprint density at radius 3 is 2.34 bits per heavy atom. The summed E-state index contributed by atoms with van der Waals surface area (Å²) in [6.45, 7) is 4.58. The first-order valence-electron chi connectivity index (χ1n) is 9.09. The van der Waals surface area contributed by atoms with Gasteiger partial charge in [-0.05, 0) is 60.9 Å². The Morgan fingerprint density at radius 1 is 0.931 bits per heavy atom. The van der Waals surface area contributed by atoms with E-state index in [2.05, 4.69) is 10.1 Å². The molecule has 4 nitrogen and oxygen atoms in total. The molecule has 0 aliphatic carbocycles. The summed E-state index contributed by atoms with van der Waals surface area (Å²) >= 11 is 12.2. The molecule has 0 aliphatic heterocycles. The number of halogens is 2. The second kappa shape index (κ2) is 8.27. The van der Waals surface area contributed by atoms with Crippen molar-refractivity contribution >= 4 is 23.2 Å². The summed E-state index contributed by atoms with van der Waals surface area (Å²) < 4.78 is 11.4. The Hall–Kier alpha value is -2.82. The molecule has 4 aromatic rings. The van der Waals surface area contributed by atoms with Gasteiger partial charge in [0.15, 0.2) is 0 Å². The van der Waals surface area contributed by atoms with E-state index in [1.807, 2.05) is 56.3 Å². The average molecular weight is 425 g/mol. The van der Waals surface area contributed by atoms with Crippen molar-refractivity contribution in [1.29, 1.82) is 0 Å². The molecule has 0 N–H and O–H groups in total. The minimum atomic E-state index is 0.420. The van der Waals surface area contributed by atoms with Crippen LogP contribution in [0.4, 0.5) is 0 Å². The summed E-state index contributed by atoms with van der Waals surface area (Å²) in [5, 5.41) is 5.07. The van der Waals surface area contributed by atoms with Gasteiger partial charge in [0.05, 0.1) is 5.02 Å². The number of hydrogen-bond acceptors (Lipinski definition) is 4. The molecule has 0 radical (unpaired) electrons. The maximum absolute atomic E-state index is 6.23. The molecule has 146 valence electrons. The molecule has 0 unspecified atom stereocenters. The highest BCUT2D eigenvalue weighted by Crippen LogP contribution is 2.30. The van der Waals surface area contributed by atoms with Gasteiger partial charge in [0.1, 0.15) is 12.4 Å². The van der Waals surface area contributed by atoms with Gasteiger partial charge >= 0.3 is 0 Å². The lowest BCUT2D eigenvalue weighted by atomic mass is 10.1. The van der Waals surface area contributed by atoms with Gasteiger partial charge in [0.25, 0.3) is 5.89 Å². The number of ether oxygens (including phenoxy) is 1. The zero-order valence-corrected chi connectivity index (χ0v) is 17.5. The van der Waals surface area contributed by atoms with Crippen LogP contribution < -0.4 is 4.74 Å². The van der Waals surface area contributed by atoms with Crippen LogP contribution in [0.1, 0.15) is 16.7 Å². The van der Waals surface area contributed by atoms with E-state index in [1.165, 1.54) is 0 Å². The predicted molar refractivity (Wildman–Crippen MR) is 115 cm³/mol. The predicted octanol–water partition coefficient (Wildman–Crippen LogP) is 6.91. The summed E-state index contributed by atoms with van der Waals surface area (Å²) in [5.41, 5.74) is 4.80. The molecule has 0 fully saturated rings. The third-order valence-electron chi connectivity index (χ3n) is 4.59. The monoisotopic (exact) mass is 424 g/mol. The summed E-state index contributed by atoms with van der Waals surface area (Å²) in [4.78, 5) is 4.45. The van der Waals surface area contributed by atoms with Crippen LogP contribution in [0, 0.1) is 13.8 Å². The van der Waals surface area contributed by atoms with Crippen molar-refractivity contribution in [3.05, 3.63) is 87.4 Å². The van der Waals surface area contributed by atoms with E-state index in [4.69, 9.17) is 32.5 Å². The fraction of sp³-hybridized carbons (Fsp3) is 0.130. The topological polar surface area (TPSA) is 48.2 Å². The summed E-state index contributed by atoms with van der Waals surface area (Å²) in [5.74, 6) is 1.77.